The summed E-state index contributed by atoms with van der Waals surface area (Å²) in [5.41, 5.74) is 0.717. The van der Waals surface area contributed by atoms with Gasteiger partial charge >= 0.3 is 0 Å². The van der Waals surface area contributed by atoms with Crippen LogP contribution in [0.15, 0.2) is 36.7 Å². The molecule has 24 nitrogen and oxygen atoms in total. The van der Waals surface area contributed by atoms with Crippen molar-refractivity contribution in [3.05, 3.63) is 48.3 Å². The fourth-order valence-electron chi connectivity index (χ4n) is 5.51. The molecule has 3 aromatic rings. The van der Waals surface area contributed by atoms with Gasteiger partial charge in [0.25, 0.3) is 11.8 Å². The summed E-state index contributed by atoms with van der Waals surface area (Å²) in [6, 6.07) is 7.13. The van der Waals surface area contributed by atoms with E-state index in [1.165, 1.54) is 28.5 Å². The number of nitrogens with one attached hydrogen (secondary N) is 6. The van der Waals surface area contributed by atoms with Gasteiger partial charge in [-0.25, -0.2) is 9.97 Å². The van der Waals surface area contributed by atoms with Crippen LogP contribution in [0.2, 0.25) is 0 Å². The Labute approximate surface area is 390 Å². The fourth-order valence-corrected chi connectivity index (χ4v) is 5.51. The van der Waals surface area contributed by atoms with Gasteiger partial charge in [-0.15, -0.1) is 0 Å². The number of amides is 5. The van der Waals surface area contributed by atoms with Crippen molar-refractivity contribution in [3.63, 3.8) is 0 Å². The molecular formula is C43H68N10O14. The molecule has 0 bridgehead atoms. The minimum Gasteiger partial charge on any atom is -0.491 e. The van der Waals surface area contributed by atoms with Crippen molar-refractivity contribution in [1.29, 1.82) is 0 Å². The van der Waals surface area contributed by atoms with E-state index >= 15 is 0 Å². The normalized spacial score (nSPS) is 11.0. The molecule has 3 rings (SSSR count). The van der Waals surface area contributed by atoms with Gasteiger partial charge < -0.3 is 83.7 Å². The zero-order chi connectivity index (χ0) is 48.3. The lowest BCUT2D eigenvalue weighted by Crippen LogP contribution is -2.33. The number of anilines is 3. The highest BCUT2D eigenvalue weighted by atomic mass is 16.6. The average Bonchev–Trinajstić information content (AvgIpc) is 3.86. The second kappa shape index (κ2) is 34.7. The second-order valence-electron chi connectivity index (χ2n) is 14.3. The number of imidazole rings is 2. The SMILES string of the molecule is CNCCC(=O)Nc1cn(C)c(C(=O)Nc2cn(C)c(C(=O)NCCC(=O)NCCOCCOCCOCCOCCOCCOCCOCCOCCOc3ccc(NC(C)=O)cc3)n2)n1. The Hall–Kier alpha value is -5.57. The molecule has 2 aromatic heterocycles. The monoisotopic (exact) mass is 948 g/mol. The number of hydrogen-bond donors (Lipinski definition) is 6. The zero-order valence-corrected chi connectivity index (χ0v) is 39.0. The number of ether oxygens (including phenoxy) is 9. The van der Waals surface area contributed by atoms with E-state index in [1.54, 1.807) is 45.4 Å². The van der Waals surface area contributed by atoms with Crippen molar-refractivity contribution in [2.24, 2.45) is 14.1 Å². The molecule has 0 aliphatic carbocycles. The van der Waals surface area contributed by atoms with Crippen LogP contribution in [0.5, 0.6) is 5.75 Å². The number of rotatable bonds is 39. The topological polar surface area (TPSA) is 276 Å². The molecule has 0 spiro atoms. The van der Waals surface area contributed by atoms with Crippen molar-refractivity contribution >= 4 is 46.9 Å². The number of aromatic nitrogens is 4. The number of carbonyl (C=O) groups is 5. The summed E-state index contributed by atoms with van der Waals surface area (Å²) < 4.78 is 52.4. The first-order chi connectivity index (χ1) is 32.5. The van der Waals surface area contributed by atoms with Crippen LogP contribution in [0.25, 0.3) is 0 Å². The molecule has 0 aliphatic rings. The number of benzene rings is 1. The zero-order valence-electron chi connectivity index (χ0n) is 39.0. The molecule has 6 N–H and O–H groups in total. The number of nitrogens with zero attached hydrogens (tertiary/aromatic N) is 4. The Morgan fingerprint density at radius 3 is 1.40 bits per heavy atom. The lowest BCUT2D eigenvalue weighted by Gasteiger charge is -2.09. The molecule has 1 aromatic carbocycles. The maximum Gasteiger partial charge on any atom is 0.292 e. The van der Waals surface area contributed by atoms with Gasteiger partial charge in [0.05, 0.1) is 106 Å². The molecule has 0 aliphatic heterocycles. The van der Waals surface area contributed by atoms with Gasteiger partial charge in [0.1, 0.15) is 12.4 Å². The first-order valence-corrected chi connectivity index (χ1v) is 22.1. The van der Waals surface area contributed by atoms with Gasteiger partial charge in [0, 0.05) is 71.6 Å². The van der Waals surface area contributed by atoms with E-state index in [-0.39, 0.29) is 60.4 Å². The van der Waals surface area contributed by atoms with E-state index in [9.17, 15) is 24.0 Å². The number of carbonyl (C=O) groups excluding carboxylic acids is 5. The van der Waals surface area contributed by atoms with Crippen molar-refractivity contribution in [3.8, 4) is 5.75 Å². The van der Waals surface area contributed by atoms with Gasteiger partial charge in [0.15, 0.2) is 11.6 Å². The molecule has 0 atom stereocenters. The third kappa shape index (κ3) is 25.8. The average molecular weight is 949 g/mol. The van der Waals surface area contributed by atoms with Crippen molar-refractivity contribution < 1.29 is 66.6 Å². The summed E-state index contributed by atoms with van der Waals surface area (Å²) >= 11 is 0. The molecule has 67 heavy (non-hydrogen) atoms. The van der Waals surface area contributed by atoms with E-state index in [4.69, 9.17) is 42.6 Å². The maximum atomic E-state index is 12.8. The molecule has 0 fully saturated rings. The first-order valence-electron chi connectivity index (χ1n) is 22.1. The lowest BCUT2D eigenvalue weighted by atomic mass is 10.3. The summed E-state index contributed by atoms with van der Waals surface area (Å²) in [6.45, 7) is 9.54. The first kappa shape index (κ1) is 55.8. The van der Waals surface area contributed by atoms with Crippen LogP contribution in [0.1, 0.15) is 41.0 Å². The van der Waals surface area contributed by atoms with Crippen LogP contribution in [0.3, 0.4) is 0 Å². The Morgan fingerprint density at radius 1 is 0.493 bits per heavy atom. The Kier molecular flexibility index (Phi) is 28.9. The highest BCUT2D eigenvalue weighted by Crippen LogP contribution is 2.16. The van der Waals surface area contributed by atoms with Crippen molar-refractivity contribution in [2.75, 3.05) is 155 Å². The minimum atomic E-state index is -0.581. The molecule has 2 heterocycles. The van der Waals surface area contributed by atoms with Crippen molar-refractivity contribution in [2.45, 2.75) is 19.8 Å². The molecule has 5 amide bonds. The van der Waals surface area contributed by atoms with Crippen LogP contribution in [0, 0.1) is 0 Å². The number of aryl methyl sites for hydroxylation is 2. The molecule has 0 radical (unpaired) electrons. The van der Waals surface area contributed by atoms with Crippen LogP contribution < -0.4 is 36.6 Å². The van der Waals surface area contributed by atoms with Crippen LogP contribution in [0.4, 0.5) is 17.3 Å². The van der Waals surface area contributed by atoms with Gasteiger partial charge in [0.2, 0.25) is 29.4 Å². The van der Waals surface area contributed by atoms with E-state index in [0.717, 1.165) is 5.69 Å². The largest absolute Gasteiger partial charge is 0.491 e. The second-order valence-corrected chi connectivity index (χ2v) is 14.3. The quantitative estimate of drug-likeness (QED) is 0.0421. The predicted molar refractivity (Wildman–Crippen MR) is 244 cm³/mol. The van der Waals surface area contributed by atoms with E-state index in [0.29, 0.717) is 131 Å². The van der Waals surface area contributed by atoms with Gasteiger partial charge in [-0.1, -0.05) is 0 Å². The summed E-state index contributed by atoms with van der Waals surface area (Å²) in [6.07, 6.45) is 3.28. The summed E-state index contributed by atoms with van der Waals surface area (Å²) in [7, 11) is 4.95. The lowest BCUT2D eigenvalue weighted by molar-refractivity contribution is -0.121. The predicted octanol–water partition coefficient (Wildman–Crippen LogP) is 0.360. The highest BCUT2D eigenvalue weighted by molar-refractivity contribution is 6.02. The fraction of sp³-hybridized carbons (Fsp3) is 0.605. The third-order valence-electron chi connectivity index (χ3n) is 8.75. The standard InChI is InChI=1S/C43H68N10O14/c1-33(54)47-34-5-7-35(8-6-34)67-30-29-66-28-27-65-26-25-64-24-23-63-22-21-62-20-19-61-18-17-60-16-15-59-14-13-45-38(55)10-12-46-42(57)40-50-37(32-52(40)3)51-43(58)41-49-36(31-53(41)4)48-39(56)9-11-44-2/h5-8,31-32,44H,9-30H2,1-4H3,(H,45,55)(H,46,57)(H,47,54)(H,48,56)(H,51,58). The van der Waals surface area contributed by atoms with Crippen LogP contribution in [-0.4, -0.2) is 188 Å². The molecule has 0 unspecified atom stereocenters. The Morgan fingerprint density at radius 2 is 0.925 bits per heavy atom. The van der Waals surface area contributed by atoms with Gasteiger partial charge in [-0.2, -0.15) is 0 Å². The summed E-state index contributed by atoms with van der Waals surface area (Å²) in [5.74, 6) is -0.603. The molecule has 0 saturated carbocycles. The Balaban J connectivity index is 1.02. The van der Waals surface area contributed by atoms with E-state index in [2.05, 4.69) is 41.9 Å². The third-order valence-corrected chi connectivity index (χ3v) is 8.75. The van der Waals surface area contributed by atoms with E-state index in [1.807, 2.05) is 0 Å². The van der Waals surface area contributed by atoms with E-state index < -0.39 is 11.8 Å². The molecular weight excluding hydrogens is 881 g/mol. The molecule has 0 saturated heterocycles. The number of hydrogen-bond acceptors (Lipinski definition) is 17. The summed E-state index contributed by atoms with van der Waals surface area (Å²) in [4.78, 5) is 69.2. The molecule has 24 heteroatoms. The smallest absolute Gasteiger partial charge is 0.292 e. The maximum absolute atomic E-state index is 12.8. The van der Waals surface area contributed by atoms with Crippen LogP contribution >= 0.6 is 0 Å². The van der Waals surface area contributed by atoms with Crippen molar-refractivity contribution in [1.82, 2.24) is 35.1 Å². The van der Waals surface area contributed by atoms with Crippen LogP contribution in [-0.2, 0) is 66.4 Å². The van der Waals surface area contributed by atoms with Gasteiger partial charge in [-0.3, -0.25) is 24.0 Å². The molecule has 374 valence electrons. The summed E-state index contributed by atoms with van der Waals surface area (Å²) in [5, 5.41) is 16.2. The van der Waals surface area contributed by atoms with Gasteiger partial charge in [-0.05, 0) is 31.3 Å². The minimum absolute atomic E-state index is 0.0324. The Bertz CT molecular complexity index is 1880. The highest BCUT2D eigenvalue weighted by Gasteiger charge is 2.19.